The van der Waals surface area contributed by atoms with Crippen LogP contribution in [0.2, 0.25) is 0 Å². The number of carbonyl (C=O) groups excluding carboxylic acids is 1. The number of carbonyl (C=O) groups is 1. The molecule has 0 radical (unpaired) electrons. The van der Waals surface area contributed by atoms with E-state index in [9.17, 15) is 4.79 Å². The number of hydrogen-bond donors (Lipinski definition) is 1. The second-order valence-electron chi connectivity index (χ2n) is 4.64. The van der Waals surface area contributed by atoms with Gasteiger partial charge in [0.05, 0.1) is 11.2 Å². The summed E-state index contributed by atoms with van der Waals surface area (Å²) in [5.41, 5.74) is 2.19. The number of fused-ring (bicyclic) bond motifs is 1. The standard InChI is InChI=1S/C17H13ClN2O/c18-15(12-6-2-1-3-7-12)17(21)20-14-10-4-8-13-9-5-11-19-16(13)14/h1-11,15H,(H,20,21). The van der Waals surface area contributed by atoms with E-state index >= 15 is 0 Å². The Morgan fingerprint density at radius 2 is 1.76 bits per heavy atom. The van der Waals surface area contributed by atoms with Crippen LogP contribution < -0.4 is 5.32 Å². The third-order valence-corrected chi connectivity index (χ3v) is 3.66. The molecular formula is C17H13ClN2O. The van der Waals surface area contributed by atoms with Crippen molar-refractivity contribution < 1.29 is 4.79 Å². The predicted octanol–water partition coefficient (Wildman–Crippen LogP) is 4.15. The molecule has 0 saturated heterocycles. The van der Waals surface area contributed by atoms with Crippen LogP contribution in [0.25, 0.3) is 10.9 Å². The molecule has 0 fully saturated rings. The zero-order chi connectivity index (χ0) is 14.7. The number of rotatable bonds is 3. The van der Waals surface area contributed by atoms with Gasteiger partial charge in [-0.1, -0.05) is 48.5 Å². The molecule has 1 atom stereocenters. The fourth-order valence-corrected chi connectivity index (χ4v) is 2.37. The van der Waals surface area contributed by atoms with Gasteiger partial charge in [-0.15, -0.1) is 11.6 Å². The van der Waals surface area contributed by atoms with Crippen LogP contribution in [-0.2, 0) is 4.79 Å². The zero-order valence-electron chi connectivity index (χ0n) is 11.2. The number of anilines is 1. The molecule has 3 nitrogen and oxygen atoms in total. The fourth-order valence-electron chi connectivity index (χ4n) is 2.17. The molecule has 1 unspecified atom stereocenters. The van der Waals surface area contributed by atoms with Gasteiger partial charge in [0.15, 0.2) is 0 Å². The summed E-state index contributed by atoms with van der Waals surface area (Å²) in [5, 5.41) is 3.09. The number of aromatic nitrogens is 1. The van der Waals surface area contributed by atoms with Crippen molar-refractivity contribution in [1.29, 1.82) is 0 Å². The lowest BCUT2D eigenvalue weighted by Crippen LogP contribution is -2.17. The van der Waals surface area contributed by atoms with Crippen LogP contribution in [-0.4, -0.2) is 10.9 Å². The van der Waals surface area contributed by atoms with Crippen LogP contribution in [0, 0.1) is 0 Å². The van der Waals surface area contributed by atoms with Crippen LogP contribution in [0.5, 0.6) is 0 Å². The minimum atomic E-state index is -0.731. The monoisotopic (exact) mass is 296 g/mol. The van der Waals surface area contributed by atoms with Gasteiger partial charge in [-0.25, -0.2) is 0 Å². The number of hydrogen-bond acceptors (Lipinski definition) is 2. The second-order valence-corrected chi connectivity index (χ2v) is 5.08. The highest BCUT2D eigenvalue weighted by atomic mass is 35.5. The van der Waals surface area contributed by atoms with Gasteiger partial charge in [0, 0.05) is 11.6 Å². The third kappa shape index (κ3) is 2.88. The van der Waals surface area contributed by atoms with E-state index in [0.29, 0.717) is 5.69 Å². The summed E-state index contributed by atoms with van der Waals surface area (Å²) >= 11 is 6.23. The number of benzene rings is 2. The summed E-state index contributed by atoms with van der Waals surface area (Å²) in [6, 6.07) is 18.7. The molecule has 104 valence electrons. The van der Waals surface area contributed by atoms with Gasteiger partial charge in [-0.05, 0) is 17.7 Å². The Hall–Kier alpha value is -2.39. The summed E-state index contributed by atoms with van der Waals surface area (Å²) in [7, 11) is 0. The van der Waals surface area contributed by atoms with E-state index in [4.69, 9.17) is 11.6 Å². The van der Waals surface area contributed by atoms with Gasteiger partial charge in [0.1, 0.15) is 5.38 Å². The van der Waals surface area contributed by atoms with Crippen LogP contribution in [0.15, 0.2) is 66.9 Å². The molecule has 1 aromatic heterocycles. The van der Waals surface area contributed by atoms with Crippen LogP contribution in [0.4, 0.5) is 5.69 Å². The number of nitrogens with one attached hydrogen (secondary N) is 1. The highest BCUT2D eigenvalue weighted by Crippen LogP contribution is 2.25. The van der Waals surface area contributed by atoms with Crippen LogP contribution in [0.3, 0.4) is 0 Å². The average Bonchev–Trinajstić information content (AvgIpc) is 2.55. The Balaban J connectivity index is 1.87. The number of alkyl halides is 1. The number of para-hydroxylation sites is 1. The van der Waals surface area contributed by atoms with Crippen molar-refractivity contribution in [1.82, 2.24) is 4.98 Å². The van der Waals surface area contributed by atoms with Crippen molar-refractivity contribution >= 4 is 34.1 Å². The number of nitrogens with zero attached hydrogens (tertiary/aromatic N) is 1. The van der Waals surface area contributed by atoms with Crippen molar-refractivity contribution in [2.75, 3.05) is 5.32 Å². The average molecular weight is 297 g/mol. The summed E-state index contributed by atoms with van der Waals surface area (Å²) in [4.78, 5) is 16.6. The largest absolute Gasteiger partial charge is 0.323 e. The molecule has 0 aliphatic rings. The van der Waals surface area contributed by atoms with E-state index in [1.165, 1.54) is 0 Å². The van der Waals surface area contributed by atoms with Crippen molar-refractivity contribution in [3.63, 3.8) is 0 Å². The molecule has 1 heterocycles. The maximum absolute atomic E-state index is 12.3. The Kier molecular flexibility index (Phi) is 3.84. The molecule has 3 rings (SSSR count). The SMILES string of the molecule is O=C(Nc1cccc2cccnc12)C(Cl)c1ccccc1. The molecule has 0 saturated carbocycles. The zero-order valence-corrected chi connectivity index (χ0v) is 11.9. The number of halogens is 1. The Morgan fingerprint density at radius 1 is 1.00 bits per heavy atom. The summed E-state index contributed by atoms with van der Waals surface area (Å²) in [5.74, 6) is -0.263. The van der Waals surface area contributed by atoms with E-state index < -0.39 is 5.38 Å². The first-order chi connectivity index (χ1) is 10.3. The molecule has 0 spiro atoms. The van der Waals surface area contributed by atoms with Gasteiger partial charge in [-0.2, -0.15) is 0 Å². The third-order valence-electron chi connectivity index (χ3n) is 3.21. The molecule has 1 amide bonds. The molecular weight excluding hydrogens is 284 g/mol. The summed E-state index contributed by atoms with van der Waals surface area (Å²) in [6.45, 7) is 0. The van der Waals surface area contributed by atoms with E-state index in [1.54, 1.807) is 6.20 Å². The fraction of sp³-hybridized carbons (Fsp3) is 0.0588. The van der Waals surface area contributed by atoms with Gasteiger partial charge in [0.2, 0.25) is 5.91 Å². The normalized spacial score (nSPS) is 12.0. The molecule has 0 aliphatic heterocycles. The Bertz CT molecular complexity index is 769. The Morgan fingerprint density at radius 3 is 2.57 bits per heavy atom. The predicted molar refractivity (Wildman–Crippen MR) is 85.4 cm³/mol. The van der Waals surface area contributed by atoms with E-state index in [2.05, 4.69) is 10.3 Å². The van der Waals surface area contributed by atoms with Gasteiger partial charge in [-0.3, -0.25) is 9.78 Å². The highest BCUT2D eigenvalue weighted by molar-refractivity contribution is 6.32. The number of amides is 1. The minimum Gasteiger partial charge on any atom is -0.323 e. The summed E-state index contributed by atoms with van der Waals surface area (Å²) in [6.07, 6.45) is 1.70. The van der Waals surface area contributed by atoms with E-state index in [0.717, 1.165) is 16.5 Å². The topological polar surface area (TPSA) is 42.0 Å². The molecule has 0 bridgehead atoms. The second kappa shape index (κ2) is 5.94. The first kappa shape index (κ1) is 13.6. The maximum atomic E-state index is 12.3. The molecule has 3 aromatic rings. The lowest BCUT2D eigenvalue weighted by Gasteiger charge is -2.12. The van der Waals surface area contributed by atoms with Crippen LogP contribution >= 0.6 is 11.6 Å². The minimum absolute atomic E-state index is 0.263. The molecule has 4 heteroatoms. The number of pyridine rings is 1. The molecule has 0 aliphatic carbocycles. The quantitative estimate of drug-likeness (QED) is 0.738. The molecule has 21 heavy (non-hydrogen) atoms. The first-order valence-electron chi connectivity index (χ1n) is 6.59. The smallest absolute Gasteiger partial charge is 0.247 e. The lowest BCUT2D eigenvalue weighted by atomic mass is 10.1. The molecule has 1 N–H and O–H groups in total. The summed E-state index contributed by atoms with van der Waals surface area (Å²) < 4.78 is 0. The van der Waals surface area contributed by atoms with E-state index in [1.807, 2.05) is 60.7 Å². The van der Waals surface area contributed by atoms with Gasteiger partial charge >= 0.3 is 0 Å². The first-order valence-corrected chi connectivity index (χ1v) is 7.03. The van der Waals surface area contributed by atoms with Gasteiger partial charge in [0.25, 0.3) is 0 Å². The van der Waals surface area contributed by atoms with E-state index in [-0.39, 0.29) is 5.91 Å². The lowest BCUT2D eigenvalue weighted by molar-refractivity contribution is -0.116. The van der Waals surface area contributed by atoms with Crippen molar-refractivity contribution in [2.24, 2.45) is 0 Å². The van der Waals surface area contributed by atoms with Gasteiger partial charge < -0.3 is 5.32 Å². The molecule has 2 aromatic carbocycles. The van der Waals surface area contributed by atoms with Crippen molar-refractivity contribution in [3.05, 3.63) is 72.4 Å². The van der Waals surface area contributed by atoms with Crippen LogP contribution in [0.1, 0.15) is 10.9 Å². The van der Waals surface area contributed by atoms with Crippen molar-refractivity contribution in [2.45, 2.75) is 5.38 Å². The highest BCUT2D eigenvalue weighted by Gasteiger charge is 2.18. The maximum Gasteiger partial charge on any atom is 0.247 e. The van der Waals surface area contributed by atoms with Crippen molar-refractivity contribution in [3.8, 4) is 0 Å². The Labute approximate surface area is 127 Å².